The highest BCUT2D eigenvalue weighted by atomic mass is 16.2. The zero-order valence-corrected chi connectivity index (χ0v) is 12.9. The summed E-state index contributed by atoms with van der Waals surface area (Å²) in [5, 5.41) is 3.07. The average molecular weight is 282 g/mol. The topological polar surface area (TPSA) is 32.3 Å². The molecule has 0 radical (unpaired) electrons. The minimum Gasteiger partial charge on any atom is -0.307 e. The molecule has 2 rings (SSSR count). The van der Waals surface area contributed by atoms with Crippen molar-refractivity contribution in [2.45, 2.75) is 26.7 Å². The standard InChI is InChI=1S/C18H22N2O/c1-4-14-10-9-11-15(5-2)17(14)19-18(21)20(3)16-12-7-6-8-13-16/h6-13H,4-5H2,1-3H3,(H,19,21). The summed E-state index contributed by atoms with van der Waals surface area (Å²) in [4.78, 5) is 14.1. The molecule has 0 aliphatic heterocycles. The molecule has 0 saturated heterocycles. The lowest BCUT2D eigenvalue weighted by molar-refractivity contribution is 0.258. The Kier molecular flexibility index (Phi) is 4.99. The number of urea groups is 1. The molecule has 0 aliphatic carbocycles. The van der Waals surface area contributed by atoms with E-state index in [0.29, 0.717) is 0 Å². The number of rotatable bonds is 4. The van der Waals surface area contributed by atoms with Crippen molar-refractivity contribution in [3.05, 3.63) is 59.7 Å². The van der Waals surface area contributed by atoms with E-state index in [1.165, 1.54) is 11.1 Å². The second-order valence-electron chi connectivity index (χ2n) is 4.98. The van der Waals surface area contributed by atoms with Crippen LogP contribution in [-0.4, -0.2) is 13.1 Å². The lowest BCUT2D eigenvalue weighted by Crippen LogP contribution is -2.31. The van der Waals surface area contributed by atoms with Gasteiger partial charge in [-0.1, -0.05) is 50.2 Å². The second kappa shape index (κ2) is 6.93. The number of nitrogens with one attached hydrogen (secondary N) is 1. The predicted molar refractivity (Wildman–Crippen MR) is 89.1 cm³/mol. The van der Waals surface area contributed by atoms with Gasteiger partial charge >= 0.3 is 6.03 Å². The van der Waals surface area contributed by atoms with Crippen molar-refractivity contribution in [2.75, 3.05) is 17.3 Å². The van der Waals surface area contributed by atoms with E-state index < -0.39 is 0 Å². The molecule has 1 N–H and O–H groups in total. The summed E-state index contributed by atoms with van der Waals surface area (Å²) in [6, 6.07) is 15.7. The van der Waals surface area contributed by atoms with Gasteiger partial charge in [-0.05, 0) is 36.1 Å². The van der Waals surface area contributed by atoms with Gasteiger partial charge in [0.25, 0.3) is 0 Å². The number of anilines is 2. The van der Waals surface area contributed by atoms with Crippen LogP contribution in [0, 0.1) is 0 Å². The molecule has 0 fully saturated rings. The molecule has 110 valence electrons. The Balaban J connectivity index is 2.24. The molecular weight excluding hydrogens is 260 g/mol. The number of hydrogen-bond acceptors (Lipinski definition) is 1. The smallest absolute Gasteiger partial charge is 0.307 e. The number of hydrogen-bond donors (Lipinski definition) is 1. The monoisotopic (exact) mass is 282 g/mol. The van der Waals surface area contributed by atoms with Crippen LogP contribution in [0.25, 0.3) is 0 Å². The first kappa shape index (κ1) is 15.1. The molecule has 2 aromatic rings. The predicted octanol–water partition coefficient (Wildman–Crippen LogP) is 4.48. The Morgan fingerprint density at radius 1 is 0.952 bits per heavy atom. The Bertz CT molecular complexity index is 586. The summed E-state index contributed by atoms with van der Waals surface area (Å²) in [5.41, 5.74) is 4.17. The van der Waals surface area contributed by atoms with Gasteiger partial charge in [0.2, 0.25) is 0 Å². The van der Waals surface area contributed by atoms with Gasteiger partial charge in [-0.15, -0.1) is 0 Å². The lowest BCUT2D eigenvalue weighted by atomic mass is 10.0. The Hall–Kier alpha value is -2.29. The highest BCUT2D eigenvalue weighted by Crippen LogP contribution is 2.23. The van der Waals surface area contributed by atoms with Gasteiger partial charge in [0, 0.05) is 18.4 Å². The molecule has 0 aromatic heterocycles. The summed E-state index contributed by atoms with van der Waals surface area (Å²) < 4.78 is 0. The van der Waals surface area contributed by atoms with Crippen LogP contribution in [0.4, 0.5) is 16.2 Å². The van der Waals surface area contributed by atoms with Crippen LogP contribution in [0.2, 0.25) is 0 Å². The third-order valence-corrected chi connectivity index (χ3v) is 3.68. The number of carbonyl (C=O) groups is 1. The number of amides is 2. The van der Waals surface area contributed by atoms with E-state index in [-0.39, 0.29) is 6.03 Å². The molecule has 0 heterocycles. The summed E-state index contributed by atoms with van der Waals surface area (Å²) >= 11 is 0. The number of carbonyl (C=O) groups excluding carboxylic acids is 1. The van der Waals surface area contributed by atoms with Crippen molar-refractivity contribution in [2.24, 2.45) is 0 Å². The zero-order chi connectivity index (χ0) is 15.2. The quantitative estimate of drug-likeness (QED) is 0.881. The van der Waals surface area contributed by atoms with Crippen molar-refractivity contribution in [3.63, 3.8) is 0 Å². The maximum absolute atomic E-state index is 12.5. The van der Waals surface area contributed by atoms with E-state index in [2.05, 4.69) is 31.3 Å². The Morgan fingerprint density at radius 2 is 1.52 bits per heavy atom. The van der Waals surface area contributed by atoms with Gasteiger partial charge in [-0.3, -0.25) is 4.90 Å². The van der Waals surface area contributed by atoms with Crippen molar-refractivity contribution < 1.29 is 4.79 Å². The summed E-state index contributed by atoms with van der Waals surface area (Å²) in [6.45, 7) is 4.21. The van der Waals surface area contributed by atoms with Gasteiger partial charge in [0.15, 0.2) is 0 Å². The molecule has 2 amide bonds. The largest absolute Gasteiger partial charge is 0.326 e. The molecule has 0 spiro atoms. The molecule has 0 saturated carbocycles. The SMILES string of the molecule is CCc1cccc(CC)c1NC(=O)N(C)c1ccccc1. The fraction of sp³-hybridized carbons (Fsp3) is 0.278. The minimum atomic E-state index is -0.114. The van der Waals surface area contributed by atoms with Crippen molar-refractivity contribution in [3.8, 4) is 0 Å². The van der Waals surface area contributed by atoms with E-state index in [1.54, 1.807) is 11.9 Å². The summed E-state index contributed by atoms with van der Waals surface area (Å²) in [7, 11) is 1.78. The maximum atomic E-state index is 12.5. The van der Waals surface area contributed by atoms with Crippen molar-refractivity contribution in [1.29, 1.82) is 0 Å². The molecule has 0 atom stereocenters. The third kappa shape index (κ3) is 3.43. The first-order chi connectivity index (χ1) is 10.2. The van der Waals surface area contributed by atoms with Crippen LogP contribution in [-0.2, 0) is 12.8 Å². The normalized spacial score (nSPS) is 10.2. The van der Waals surface area contributed by atoms with Gasteiger partial charge < -0.3 is 5.32 Å². The third-order valence-electron chi connectivity index (χ3n) is 3.68. The van der Waals surface area contributed by atoms with Gasteiger partial charge in [0.1, 0.15) is 0 Å². The average Bonchev–Trinajstić information content (AvgIpc) is 2.55. The number of nitrogens with zero attached hydrogens (tertiary/aromatic N) is 1. The van der Waals surface area contributed by atoms with E-state index in [9.17, 15) is 4.79 Å². The highest BCUT2D eigenvalue weighted by molar-refractivity contribution is 6.02. The second-order valence-corrected chi connectivity index (χ2v) is 4.98. The van der Waals surface area contributed by atoms with E-state index in [4.69, 9.17) is 0 Å². The van der Waals surface area contributed by atoms with E-state index in [1.807, 2.05) is 36.4 Å². The Morgan fingerprint density at radius 3 is 2.05 bits per heavy atom. The molecule has 0 unspecified atom stereocenters. The number of para-hydroxylation sites is 2. The molecular formula is C18H22N2O. The zero-order valence-electron chi connectivity index (χ0n) is 12.9. The van der Waals surface area contributed by atoms with Crippen LogP contribution >= 0.6 is 0 Å². The highest BCUT2D eigenvalue weighted by Gasteiger charge is 2.14. The van der Waals surface area contributed by atoms with Crippen LogP contribution < -0.4 is 10.2 Å². The number of aryl methyl sites for hydroxylation is 2. The lowest BCUT2D eigenvalue weighted by Gasteiger charge is -2.21. The molecule has 3 nitrogen and oxygen atoms in total. The first-order valence-corrected chi connectivity index (χ1v) is 7.37. The van der Waals surface area contributed by atoms with Gasteiger partial charge in [0.05, 0.1) is 0 Å². The molecule has 0 bridgehead atoms. The minimum absolute atomic E-state index is 0.114. The summed E-state index contributed by atoms with van der Waals surface area (Å²) in [5.74, 6) is 0. The number of benzene rings is 2. The fourth-order valence-corrected chi connectivity index (χ4v) is 2.36. The molecule has 0 aliphatic rings. The molecule has 21 heavy (non-hydrogen) atoms. The maximum Gasteiger partial charge on any atom is 0.326 e. The van der Waals surface area contributed by atoms with E-state index in [0.717, 1.165) is 24.2 Å². The Labute approximate surface area is 126 Å². The summed E-state index contributed by atoms with van der Waals surface area (Å²) in [6.07, 6.45) is 1.80. The van der Waals surface area contributed by atoms with Gasteiger partial charge in [-0.2, -0.15) is 0 Å². The molecule has 3 heteroatoms. The van der Waals surface area contributed by atoms with Gasteiger partial charge in [-0.25, -0.2) is 4.79 Å². The van der Waals surface area contributed by atoms with Crippen molar-refractivity contribution in [1.82, 2.24) is 0 Å². The fourth-order valence-electron chi connectivity index (χ4n) is 2.36. The first-order valence-electron chi connectivity index (χ1n) is 7.37. The van der Waals surface area contributed by atoms with Crippen molar-refractivity contribution >= 4 is 17.4 Å². The van der Waals surface area contributed by atoms with Crippen LogP contribution in [0.5, 0.6) is 0 Å². The van der Waals surface area contributed by atoms with Crippen LogP contribution in [0.1, 0.15) is 25.0 Å². The van der Waals surface area contributed by atoms with E-state index >= 15 is 0 Å². The molecule has 2 aromatic carbocycles. The van der Waals surface area contributed by atoms with Crippen LogP contribution in [0.3, 0.4) is 0 Å². The van der Waals surface area contributed by atoms with Crippen LogP contribution in [0.15, 0.2) is 48.5 Å².